The van der Waals surface area contributed by atoms with Crippen LogP contribution in [0, 0.1) is 17.0 Å². The maximum absolute atomic E-state index is 13.0. The molecule has 0 aliphatic carbocycles. The van der Waals surface area contributed by atoms with Gasteiger partial charge in [0.15, 0.2) is 0 Å². The quantitative estimate of drug-likeness (QED) is 0.467. The van der Waals surface area contributed by atoms with Gasteiger partial charge in [-0.3, -0.25) is 14.9 Å². The molecule has 0 saturated heterocycles. The molecule has 1 amide bonds. The summed E-state index contributed by atoms with van der Waals surface area (Å²) in [6.45, 7) is 2.48. The van der Waals surface area contributed by atoms with Crippen molar-refractivity contribution >= 4 is 27.3 Å². The Morgan fingerprint density at radius 3 is 2.50 bits per heavy atom. The Kier molecular flexibility index (Phi) is 5.77. The summed E-state index contributed by atoms with van der Waals surface area (Å²) in [5.41, 5.74) is 3.31. The van der Waals surface area contributed by atoms with Gasteiger partial charge in [-0.15, -0.1) is 0 Å². The van der Waals surface area contributed by atoms with Crippen LogP contribution in [-0.4, -0.2) is 30.1 Å². The van der Waals surface area contributed by atoms with E-state index in [1.165, 1.54) is 28.6 Å². The van der Waals surface area contributed by atoms with Crippen LogP contribution >= 0.6 is 0 Å². The highest BCUT2D eigenvalue weighted by Crippen LogP contribution is 2.27. The van der Waals surface area contributed by atoms with Crippen molar-refractivity contribution in [1.82, 2.24) is 4.31 Å². The lowest BCUT2D eigenvalue weighted by molar-refractivity contribution is -0.384. The van der Waals surface area contributed by atoms with Gasteiger partial charge in [-0.25, -0.2) is 8.42 Å². The number of carbonyl (C=O) groups excluding carboxylic acids is 1. The Morgan fingerprint density at radius 2 is 1.78 bits per heavy atom. The van der Waals surface area contributed by atoms with Crippen molar-refractivity contribution < 1.29 is 18.1 Å². The third-order valence-electron chi connectivity index (χ3n) is 5.42. The van der Waals surface area contributed by atoms with Crippen LogP contribution in [0.1, 0.15) is 27.0 Å². The molecule has 0 fully saturated rings. The van der Waals surface area contributed by atoms with Gasteiger partial charge in [0.05, 0.1) is 9.82 Å². The van der Waals surface area contributed by atoms with Crippen LogP contribution in [0.15, 0.2) is 71.6 Å². The fourth-order valence-electron chi connectivity index (χ4n) is 3.64. The molecule has 0 bridgehead atoms. The molecule has 3 aromatic carbocycles. The number of non-ortho nitro benzene ring substituents is 1. The Labute approximate surface area is 185 Å². The number of nitrogens with one attached hydrogen (secondary N) is 1. The zero-order valence-corrected chi connectivity index (χ0v) is 18.1. The van der Waals surface area contributed by atoms with Crippen LogP contribution in [-0.2, 0) is 23.0 Å². The summed E-state index contributed by atoms with van der Waals surface area (Å²) in [5.74, 6) is -0.478. The molecule has 0 aromatic heterocycles. The monoisotopic (exact) mass is 451 g/mol. The number of nitro benzene ring substituents is 1. The molecule has 164 valence electrons. The van der Waals surface area contributed by atoms with Crippen molar-refractivity contribution in [2.24, 2.45) is 0 Å². The van der Waals surface area contributed by atoms with Crippen molar-refractivity contribution in [3.8, 4) is 0 Å². The number of amides is 1. The molecule has 8 nitrogen and oxygen atoms in total. The molecule has 4 rings (SSSR count). The van der Waals surface area contributed by atoms with E-state index in [9.17, 15) is 23.3 Å². The second kappa shape index (κ2) is 8.52. The van der Waals surface area contributed by atoms with Gasteiger partial charge in [0.2, 0.25) is 10.0 Å². The third kappa shape index (κ3) is 4.39. The number of anilines is 1. The van der Waals surface area contributed by atoms with Gasteiger partial charge >= 0.3 is 0 Å². The summed E-state index contributed by atoms with van der Waals surface area (Å²) in [6.07, 6.45) is 0.569. The summed E-state index contributed by atoms with van der Waals surface area (Å²) < 4.78 is 27.5. The molecule has 0 atom stereocenters. The predicted octanol–water partition coefficient (Wildman–Crippen LogP) is 3.90. The zero-order valence-electron chi connectivity index (χ0n) is 17.3. The second-order valence-electron chi connectivity index (χ2n) is 7.65. The summed E-state index contributed by atoms with van der Waals surface area (Å²) >= 11 is 0. The number of sulfonamides is 1. The van der Waals surface area contributed by atoms with E-state index >= 15 is 0 Å². The Balaban J connectivity index is 1.54. The van der Waals surface area contributed by atoms with E-state index in [-0.39, 0.29) is 22.7 Å². The van der Waals surface area contributed by atoms with Gasteiger partial charge in [0.1, 0.15) is 0 Å². The number of hydrogen-bond donors (Lipinski definition) is 1. The minimum atomic E-state index is -3.63. The molecule has 9 heteroatoms. The van der Waals surface area contributed by atoms with Crippen LogP contribution in [0.5, 0.6) is 0 Å². The molecule has 0 saturated carbocycles. The fourth-order valence-corrected chi connectivity index (χ4v) is 5.06. The van der Waals surface area contributed by atoms with Crippen molar-refractivity contribution in [1.29, 1.82) is 0 Å². The van der Waals surface area contributed by atoms with Gasteiger partial charge in [0.25, 0.3) is 11.6 Å². The molecule has 0 unspecified atom stereocenters. The van der Waals surface area contributed by atoms with Crippen LogP contribution < -0.4 is 5.32 Å². The Bertz CT molecular complexity index is 1300. The lowest BCUT2D eigenvalue weighted by Crippen LogP contribution is -2.36. The maximum Gasteiger partial charge on any atom is 0.270 e. The molecular weight excluding hydrogens is 430 g/mol. The molecule has 32 heavy (non-hydrogen) atoms. The van der Waals surface area contributed by atoms with E-state index in [2.05, 4.69) is 5.32 Å². The standard InChI is InChI=1S/C23H21N3O5S/c1-16-5-9-22(10-6-16)32(30,31)25-12-11-17-7-8-20(13-19(17)15-25)24-23(27)18-3-2-4-21(14-18)26(28)29/h2-10,13-14H,11-12,15H2,1H3,(H,24,27). The molecule has 1 aliphatic heterocycles. The van der Waals surface area contributed by atoms with Crippen molar-refractivity contribution in [2.45, 2.75) is 24.8 Å². The third-order valence-corrected chi connectivity index (χ3v) is 7.28. The number of carbonyl (C=O) groups is 1. The second-order valence-corrected chi connectivity index (χ2v) is 9.58. The largest absolute Gasteiger partial charge is 0.322 e. The highest BCUT2D eigenvalue weighted by atomic mass is 32.2. The number of aryl methyl sites for hydroxylation is 1. The first-order valence-corrected chi connectivity index (χ1v) is 11.4. The van der Waals surface area contributed by atoms with Crippen molar-refractivity contribution in [3.05, 3.63) is 99.1 Å². The number of fused-ring (bicyclic) bond motifs is 1. The molecule has 0 spiro atoms. The van der Waals surface area contributed by atoms with E-state index in [4.69, 9.17) is 0 Å². The van der Waals surface area contributed by atoms with E-state index in [1.54, 1.807) is 36.4 Å². The van der Waals surface area contributed by atoms with Gasteiger partial charge in [-0.05, 0) is 54.8 Å². The highest BCUT2D eigenvalue weighted by Gasteiger charge is 2.28. The van der Waals surface area contributed by atoms with E-state index < -0.39 is 20.9 Å². The van der Waals surface area contributed by atoms with Crippen LogP contribution in [0.3, 0.4) is 0 Å². The smallest absolute Gasteiger partial charge is 0.270 e. The molecule has 0 radical (unpaired) electrons. The van der Waals surface area contributed by atoms with Gasteiger partial charge in [-0.1, -0.05) is 29.8 Å². The zero-order chi connectivity index (χ0) is 22.9. The normalized spacial score (nSPS) is 13.9. The average Bonchev–Trinajstić information content (AvgIpc) is 2.79. The minimum absolute atomic E-state index is 0.167. The predicted molar refractivity (Wildman–Crippen MR) is 120 cm³/mol. The summed E-state index contributed by atoms with van der Waals surface area (Å²) in [5, 5.41) is 13.7. The van der Waals surface area contributed by atoms with Gasteiger partial charge < -0.3 is 5.32 Å². The lowest BCUT2D eigenvalue weighted by atomic mass is 10.0. The van der Waals surface area contributed by atoms with E-state index in [0.717, 1.165) is 16.7 Å². The molecule has 1 N–H and O–H groups in total. The fraction of sp³-hybridized carbons (Fsp3) is 0.174. The van der Waals surface area contributed by atoms with Crippen LogP contribution in [0.4, 0.5) is 11.4 Å². The molecule has 1 aliphatic rings. The van der Waals surface area contributed by atoms with Crippen molar-refractivity contribution in [3.63, 3.8) is 0 Å². The first-order chi connectivity index (χ1) is 15.2. The minimum Gasteiger partial charge on any atom is -0.322 e. The maximum atomic E-state index is 13.0. The molecule has 3 aromatic rings. The SMILES string of the molecule is Cc1ccc(S(=O)(=O)N2CCc3ccc(NC(=O)c4cccc([N+](=O)[O-])c4)cc3C2)cc1. The van der Waals surface area contributed by atoms with E-state index in [1.807, 2.05) is 13.0 Å². The van der Waals surface area contributed by atoms with Gasteiger partial charge in [-0.2, -0.15) is 4.31 Å². The number of nitro groups is 1. The van der Waals surface area contributed by atoms with Crippen molar-refractivity contribution in [2.75, 3.05) is 11.9 Å². The Hall–Kier alpha value is -3.56. The number of benzene rings is 3. The van der Waals surface area contributed by atoms with Gasteiger partial charge in [0, 0.05) is 36.5 Å². The first kappa shape index (κ1) is 21.7. The summed E-state index contributed by atoms with van der Waals surface area (Å²) in [6, 6.07) is 17.6. The lowest BCUT2D eigenvalue weighted by Gasteiger charge is -2.28. The van der Waals surface area contributed by atoms with Crippen LogP contribution in [0.2, 0.25) is 0 Å². The summed E-state index contributed by atoms with van der Waals surface area (Å²) in [4.78, 5) is 23.2. The average molecular weight is 452 g/mol. The first-order valence-electron chi connectivity index (χ1n) is 9.98. The Morgan fingerprint density at radius 1 is 1.03 bits per heavy atom. The molecule has 1 heterocycles. The highest BCUT2D eigenvalue weighted by molar-refractivity contribution is 7.89. The summed E-state index contributed by atoms with van der Waals surface area (Å²) in [7, 11) is -3.63. The molecular formula is C23H21N3O5S. The number of rotatable bonds is 5. The van der Waals surface area contributed by atoms with E-state index in [0.29, 0.717) is 18.7 Å². The number of nitrogens with zero attached hydrogens (tertiary/aromatic N) is 2. The van der Waals surface area contributed by atoms with Crippen LogP contribution in [0.25, 0.3) is 0 Å². The topological polar surface area (TPSA) is 110 Å². The number of hydrogen-bond acceptors (Lipinski definition) is 5.